The molecule has 3 rings (SSSR count). The van der Waals surface area contributed by atoms with Crippen LogP contribution in [0.25, 0.3) is 22.2 Å². The van der Waals surface area contributed by atoms with Crippen LogP contribution in [0.3, 0.4) is 0 Å². The summed E-state index contributed by atoms with van der Waals surface area (Å²) in [6.07, 6.45) is -4.40. The zero-order valence-electron chi connectivity index (χ0n) is 11.4. The Morgan fingerprint density at radius 1 is 1.29 bits per heavy atom. The van der Waals surface area contributed by atoms with Gasteiger partial charge in [0.1, 0.15) is 5.82 Å². The lowest BCUT2D eigenvalue weighted by Crippen LogP contribution is -2.07. The lowest BCUT2D eigenvalue weighted by molar-refractivity contribution is -0.136. The number of H-pyrrole nitrogens is 1. The molecule has 0 aliphatic heterocycles. The van der Waals surface area contributed by atoms with Crippen molar-refractivity contribution < 1.29 is 13.2 Å². The van der Waals surface area contributed by atoms with Gasteiger partial charge >= 0.3 is 6.18 Å². The molecule has 0 saturated carbocycles. The summed E-state index contributed by atoms with van der Waals surface area (Å²) in [4.78, 5) is 0. The van der Waals surface area contributed by atoms with Crippen molar-refractivity contribution in [2.45, 2.75) is 13.1 Å². The first-order valence-corrected chi connectivity index (χ1v) is 6.27. The maximum Gasteiger partial charge on any atom is 0.418 e. The smallest absolute Gasteiger partial charge is 0.382 e. The van der Waals surface area contributed by atoms with E-state index in [-0.39, 0.29) is 5.52 Å². The van der Waals surface area contributed by atoms with Gasteiger partial charge in [-0.15, -0.1) is 0 Å². The summed E-state index contributed by atoms with van der Waals surface area (Å²) in [6.45, 7) is 1.77. The van der Waals surface area contributed by atoms with Crippen LogP contribution in [0.1, 0.15) is 11.3 Å². The maximum atomic E-state index is 13.2. The summed E-state index contributed by atoms with van der Waals surface area (Å²) in [5, 5.41) is 7.12. The van der Waals surface area contributed by atoms with E-state index in [4.69, 9.17) is 5.73 Å². The van der Waals surface area contributed by atoms with Crippen LogP contribution in [0.2, 0.25) is 0 Å². The van der Waals surface area contributed by atoms with Gasteiger partial charge in [-0.3, -0.25) is 5.10 Å². The fourth-order valence-corrected chi connectivity index (χ4v) is 2.67. The molecule has 4 nitrogen and oxygen atoms in total. The highest BCUT2D eigenvalue weighted by Gasteiger charge is 2.34. The molecule has 1 aromatic carbocycles. The molecule has 0 amide bonds. The van der Waals surface area contributed by atoms with Crippen LogP contribution in [0.5, 0.6) is 0 Å². The molecule has 0 radical (unpaired) electrons. The van der Waals surface area contributed by atoms with Crippen molar-refractivity contribution in [3.8, 4) is 11.3 Å². The maximum absolute atomic E-state index is 13.2. The number of aromatic amines is 1. The summed E-state index contributed by atoms with van der Waals surface area (Å²) in [5.74, 6) is 0.299. The lowest BCUT2D eigenvalue weighted by Gasteiger charge is -2.10. The number of nitrogen functional groups attached to an aromatic ring is 1. The van der Waals surface area contributed by atoms with E-state index in [0.717, 1.165) is 6.07 Å². The monoisotopic (exact) mass is 294 g/mol. The second-order valence-corrected chi connectivity index (χ2v) is 4.93. The Balaban J connectivity index is 2.41. The number of nitrogens with two attached hydrogens (primary N) is 1. The van der Waals surface area contributed by atoms with Gasteiger partial charge in [-0.1, -0.05) is 12.1 Å². The summed E-state index contributed by atoms with van der Waals surface area (Å²) in [6, 6.07) is 5.78. The number of aromatic nitrogens is 3. The van der Waals surface area contributed by atoms with Gasteiger partial charge in [-0.25, -0.2) is 0 Å². The minimum Gasteiger partial charge on any atom is -0.382 e. The highest BCUT2D eigenvalue weighted by atomic mass is 19.4. The highest BCUT2D eigenvalue weighted by Crippen LogP contribution is 2.40. The first kappa shape index (κ1) is 13.5. The first-order valence-electron chi connectivity index (χ1n) is 6.27. The molecule has 0 atom stereocenters. The van der Waals surface area contributed by atoms with E-state index in [9.17, 15) is 13.2 Å². The van der Waals surface area contributed by atoms with Crippen molar-refractivity contribution in [2.75, 3.05) is 5.73 Å². The molecule has 110 valence electrons. The molecule has 0 bridgehead atoms. The van der Waals surface area contributed by atoms with Gasteiger partial charge in [-0.05, 0) is 13.0 Å². The summed E-state index contributed by atoms with van der Waals surface area (Å²) in [5.41, 5.74) is 7.10. The third-order valence-electron chi connectivity index (χ3n) is 3.68. The zero-order chi connectivity index (χ0) is 15.4. The van der Waals surface area contributed by atoms with Crippen LogP contribution in [0.15, 0.2) is 24.3 Å². The number of fused-ring (bicyclic) bond motifs is 1. The second kappa shape index (κ2) is 4.28. The van der Waals surface area contributed by atoms with Crippen molar-refractivity contribution in [1.29, 1.82) is 0 Å². The third kappa shape index (κ3) is 1.96. The average molecular weight is 294 g/mol. The Morgan fingerprint density at radius 2 is 2.00 bits per heavy atom. The van der Waals surface area contributed by atoms with Crippen LogP contribution in [0, 0.1) is 6.92 Å². The lowest BCUT2D eigenvalue weighted by atomic mass is 10.1. The zero-order valence-corrected chi connectivity index (χ0v) is 11.4. The number of hydrogen-bond acceptors (Lipinski definition) is 2. The number of benzene rings is 1. The number of halogens is 3. The van der Waals surface area contributed by atoms with E-state index in [2.05, 4.69) is 10.2 Å². The Labute approximate surface area is 118 Å². The summed E-state index contributed by atoms with van der Waals surface area (Å²) >= 11 is 0. The molecule has 3 N–H and O–H groups in total. The number of nitrogens with zero attached hydrogens (tertiary/aromatic N) is 2. The number of para-hydroxylation sites is 1. The number of rotatable bonds is 1. The molecule has 0 aliphatic carbocycles. The molecule has 0 unspecified atom stereocenters. The third-order valence-corrected chi connectivity index (χ3v) is 3.68. The molecule has 3 aromatic rings. The minimum atomic E-state index is -4.40. The number of hydrogen-bond donors (Lipinski definition) is 2. The number of nitrogens with one attached hydrogen (secondary N) is 1. The summed E-state index contributed by atoms with van der Waals surface area (Å²) < 4.78 is 41.1. The van der Waals surface area contributed by atoms with Gasteiger partial charge in [0.05, 0.1) is 16.8 Å². The molecule has 21 heavy (non-hydrogen) atoms. The van der Waals surface area contributed by atoms with Gasteiger partial charge in [0, 0.05) is 29.8 Å². The van der Waals surface area contributed by atoms with Crippen LogP contribution < -0.4 is 5.73 Å². The molecule has 7 heteroatoms. The van der Waals surface area contributed by atoms with Gasteiger partial charge in [0.15, 0.2) is 0 Å². The van der Waals surface area contributed by atoms with Crippen molar-refractivity contribution in [3.05, 3.63) is 35.5 Å². The number of alkyl halides is 3. The Morgan fingerprint density at radius 3 is 2.57 bits per heavy atom. The highest BCUT2D eigenvalue weighted by molar-refractivity contribution is 5.99. The van der Waals surface area contributed by atoms with Crippen molar-refractivity contribution in [3.63, 3.8) is 0 Å². The molecule has 2 heterocycles. The van der Waals surface area contributed by atoms with E-state index in [1.54, 1.807) is 30.7 Å². The van der Waals surface area contributed by atoms with Gasteiger partial charge < -0.3 is 10.3 Å². The Kier molecular flexibility index (Phi) is 2.76. The SMILES string of the molecule is Cc1c(-c2cc(N)n[nH]2)c2cccc(C(F)(F)F)c2n1C. The van der Waals surface area contributed by atoms with Crippen LogP contribution in [0.4, 0.5) is 19.0 Å². The predicted molar refractivity (Wildman–Crippen MR) is 74.7 cm³/mol. The molecular formula is C14H13F3N4. The average Bonchev–Trinajstić information content (AvgIpc) is 2.92. The van der Waals surface area contributed by atoms with E-state index in [1.807, 2.05) is 0 Å². The molecule has 0 aliphatic rings. The van der Waals surface area contributed by atoms with Crippen molar-refractivity contribution in [1.82, 2.24) is 14.8 Å². The van der Waals surface area contributed by atoms with Gasteiger partial charge in [-0.2, -0.15) is 18.3 Å². The largest absolute Gasteiger partial charge is 0.418 e. The van der Waals surface area contributed by atoms with E-state index < -0.39 is 11.7 Å². The fraction of sp³-hybridized carbons (Fsp3) is 0.214. The van der Waals surface area contributed by atoms with Crippen LogP contribution >= 0.6 is 0 Å². The molecule has 0 saturated heterocycles. The van der Waals surface area contributed by atoms with Crippen LogP contribution in [-0.2, 0) is 13.2 Å². The second-order valence-electron chi connectivity index (χ2n) is 4.93. The Bertz CT molecular complexity index is 827. The molecule has 0 spiro atoms. The predicted octanol–water partition coefficient (Wildman–Crippen LogP) is 3.48. The van der Waals surface area contributed by atoms with Gasteiger partial charge in [0.2, 0.25) is 0 Å². The Hall–Kier alpha value is -2.44. The van der Waals surface area contributed by atoms with E-state index in [1.165, 1.54) is 6.07 Å². The molecule has 0 fully saturated rings. The van der Waals surface area contributed by atoms with Crippen molar-refractivity contribution >= 4 is 16.7 Å². The standard InChI is InChI=1S/C14H13F3N4/c1-7-12(10-6-11(18)20-19-10)8-4-3-5-9(14(15,16)17)13(8)21(7)2/h3-6H,1-2H3,(H3,18,19,20). The molecular weight excluding hydrogens is 281 g/mol. The topological polar surface area (TPSA) is 59.6 Å². The van der Waals surface area contributed by atoms with Crippen molar-refractivity contribution in [2.24, 2.45) is 7.05 Å². The van der Waals surface area contributed by atoms with E-state index >= 15 is 0 Å². The number of anilines is 1. The normalized spacial score (nSPS) is 12.2. The van der Waals surface area contributed by atoms with Gasteiger partial charge in [0.25, 0.3) is 0 Å². The minimum absolute atomic E-state index is 0.158. The number of aryl methyl sites for hydroxylation is 1. The fourth-order valence-electron chi connectivity index (χ4n) is 2.67. The van der Waals surface area contributed by atoms with Crippen LogP contribution in [-0.4, -0.2) is 14.8 Å². The summed E-state index contributed by atoms with van der Waals surface area (Å²) in [7, 11) is 1.62. The first-order chi connectivity index (χ1) is 9.80. The van der Waals surface area contributed by atoms with E-state index in [0.29, 0.717) is 28.2 Å². The molecule has 2 aromatic heterocycles. The quantitative estimate of drug-likeness (QED) is 0.722.